The molecule has 0 spiro atoms. The van der Waals surface area contributed by atoms with E-state index in [1.807, 2.05) is 0 Å². The van der Waals surface area contributed by atoms with Crippen LogP contribution in [0, 0.1) is 5.82 Å². The lowest BCUT2D eigenvalue weighted by molar-refractivity contribution is -0.140. The Kier molecular flexibility index (Phi) is 5.20. The van der Waals surface area contributed by atoms with E-state index in [0.29, 0.717) is 15.2 Å². The number of rotatable bonds is 4. The molecule has 3 rings (SSSR count). The van der Waals surface area contributed by atoms with Crippen molar-refractivity contribution < 1.29 is 19.1 Å². The summed E-state index contributed by atoms with van der Waals surface area (Å²) < 4.78 is 15.5. The molecule has 8 heteroatoms. The molecule has 0 saturated heterocycles. The van der Waals surface area contributed by atoms with Gasteiger partial charge in [0.2, 0.25) is 0 Å². The Morgan fingerprint density at radius 1 is 1.31 bits per heavy atom. The summed E-state index contributed by atoms with van der Waals surface area (Å²) in [6.07, 6.45) is 0.289. The Hall–Kier alpha value is -2.51. The van der Waals surface area contributed by atoms with Gasteiger partial charge >= 0.3 is 5.97 Å². The van der Waals surface area contributed by atoms with Gasteiger partial charge in [0.25, 0.3) is 5.91 Å². The average molecular weight is 393 g/mol. The third-order valence-corrected chi connectivity index (χ3v) is 5.09. The zero-order chi connectivity index (χ0) is 18.8. The first-order valence-corrected chi connectivity index (χ1v) is 8.98. The van der Waals surface area contributed by atoms with Crippen LogP contribution in [0.4, 0.5) is 4.39 Å². The van der Waals surface area contributed by atoms with Gasteiger partial charge in [-0.05, 0) is 42.8 Å². The highest BCUT2D eigenvalue weighted by molar-refractivity contribution is 7.16. The molecular formula is C18H14ClFN2O3S. The van der Waals surface area contributed by atoms with Crippen molar-refractivity contribution in [1.29, 1.82) is 0 Å². The van der Waals surface area contributed by atoms with Crippen LogP contribution in [-0.4, -0.2) is 21.6 Å². The Balaban J connectivity index is 2.24. The Morgan fingerprint density at radius 2 is 2.08 bits per heavy atom. The summed E-state index contributed by atoms with van der Waals surface area (Å²) in [5, 5.41) is 9.93. The van der Waals surface area contributed by atoms with E-state index < -0.39 is 23.7 Å². The fourth-order valence-electron chi connectivity index (χ4n) is 2.64. The van der Waals surface area contributed by atoms with Crippen LogP contribution in [0.1, 0.15) is 29.7 Å². The third-order valence-electron chi connectivity index (χ3n) is 3.84. The minimum absolute atomic E-state index is 0.199. The molecular weight excluding hydrogens is 379 g/mol. The fourth-order valence-corrected chi connectivity index (χ4v) is 3.92. The number of amides is 1. The van der Waals surface area contributed by atoms with Crippen molar-refractivity contribution in [2.45, 2.75) is 19.4 Å². The van der Waals surface area contributed by atoms with Crippen LogP contribution in [0.5, 0.6) is 0 Å². The van der Waals surface area contributed by atoms with Gasteiger partial charge in [-0.2, -0.15) is 4.99 Å². The molecule has 1 amide bonds. The summed E-state index contributed by atoms with van der Waals surface area (Å²) in [5.41, 5.74) is 0.805. The van der Waals surface area contributed by atoms with Crippen LogP contribution in [0.15, 0.2) is 47.5 Å². The zero-order valence-electron chi connectivity index (χ0n) is 13.6. The molecule has 0 fully saturated rings. The number of carbonyl (C=O) groups is 2. The van der Waals surface area contributed by atoms with Crippen molar-refractivity contribution in [2.75, 3.05) is 0 Å². The molecule has 0 aliphatic rings. The molecule has 0 aliphatic carbocycles. The lowest BCUT2D eigenvalue weighted by Gasteiger charge is -2.13. The summed E-state index contributed by atoms with van der Waals surface area (Å²) in [7, 11) is 0. The van der Waals surface area contributed by atoms with Gasteiger partial charge in [-0.1, -0.05) is 35.9 Å². The zero-order valence-corrected chi connectivity index (χ0v) is 15.2. The first kappa shape index (κ1) is 18.3. The maximum atomic E-state index is 13.6. The van der Waals surface area contributed by atoms with Crippen LogP contribution in [0.25, 0.3) is 10.2 Å². The quantitative estimate of drug-likeness (QED) is 0.720. The number of carboxylic acid groups (broad SMARTS) is 1. The number of carboxylic acids is 1. The first-order valence-electron chi connectivity index (χ1n) is 7.78. The third kappa shape index (κ3) is 3.54. The molecule has 1 atom stereocenters. The molecule has 134 valence electrons. The Labute approximate surface area is 157 Å². The second-order valence-corrected chi connectivity index (χ2v) is 7.00. The highest BCUT2D eigenvalue weighted by Gasteiger charge is 2.22. The van der Waals surface area contributed by atoms with Gasteiger partial charge in [-0.3, -0.25) is 4.79 Å². The van der Waals surface area contributed by atoms with E-state index in [1.54, 1.807) is 25.1 Å². The van der Waals surface area contributed by atoms with Gasteiger partial charge in [0.05, 0.1) is 10.2 Å². The highest BCUT2D eigenvalue weighted by atomic mass is 35.5. The molecule has 1 N–H and O–H groups in total. The predicted octanol–water partition coefficient (Wildman–Crippen LogP) is 4.27. The van der Waals surface area contributed by atoms with Crippen LogP contribution in [-0.2, 0) is 4.79 Å². The largest absolute Gasteiger partial charge is 0.480 e. The van der Waals surface area contributed by atoms with Crippen molar-refractivity contribution in [3.05, 3.63) is 63.7 Å². The van der Waals surface area contributed by atoms with E-state index in [9.17, 15) is 19.1 Å². The minimum Gasteiger partial charge on any atom is -0.480 e. The lowest BCUT2D eigenvalue weighted by Crippen LogP contribution is -2.27. The number of aromatic nitrogens is 1. The predicted molar refractivity (Wildman–Crippen MR) is 98.1 cm³/mol. The maximum absolute atomic E-state index is 13.6. The number of halogens is 2. The molecule has 5 nitrogen and oxygen atoms in total. The highest BCUT2D eigenvalue weighted by Crippen LogP contribution is 2.24. The molecule has 3 aromatic rings. The van der Waals surface area contributed by atoms with Crippen LogP contribution >= 0.6 is 22.9 Å². The van der Waals surface area contributed by atoms with E-state index in [-0.39, 0.29) is 16.8 Å². The van der Waals surface area contributed by atoms with Crippen LogP contribution in [0.2, 0.25) is 5.02 Å². The van der Waals surface area contributed by atoms with Crippen molar-refractivity contribution in [3.8, 4) is 0 Å². The number of nitrogens with zero attached hydrogens (tertiary/aromatic N) is 2. The van der Waals surface area contributed by atoms with E-state index in [0.717, 1.165) is 11.3 Å². The summed E-state index contributed by atoms with van der Waals surface area (Å²) in [4.78, 5) is 28.4. The molecule has 2 aromatic carbocycles. The van der Waals surface area contributed by atoms with Crippen molar-refractivity contribution >= 4 is 45.0 Å². The summed E-state index contributed by atoms with van der Waals surface area (Å²) in [6, 6.07) is 9.46. The molecule has 0 bridgehead atoms. The van der Waals surface area contributed by atoms with E-state index in [2.05, 4.69) is 4.99 Å². The fraction of sp³-hybridized carbons (Fsp3) is 0.167. The molecule has 1 aromatic heterocycles. The number of benzene rings is 2. The number of hydrogen-bond acceptors (Lipinski definition) is 3. The molecule has 1 heterocycles. The van der Waals surface area contributed by atoms with Crippen molar-refractivity contribution in [1.82, 2.24) is 4.57 Å². The molecule has 1 unspecified atom stereocenters. The summed E-state index contributed by atoms with van der Waals surface area (Å²) >= 11 is 6.97. The number of thiazole rings is 1. The lowest BCUT2D eigenvalue weighted by atomic mass is 10.2. The SMILES string of the molecule is CCC(C(=O)O)n1c(=NC(=O)c2cccc(Cl)c2)sc2cc(F)ccc21. The standard InChI is InChI=1S/C18H14ClFN2O3S/c1-2-13(17(24)25)22-14-7-6-12(20)9-15(14)26-18(22)21-16(23)10-4-3-5-11(19)8-10/h3-9,13H,2H2,1H3,(H,24,25). The first-order chi connectivity index (χ1) is 12.4. The van der Waals surface area contributed by atoms with Crippen molar-refractivity contribution in [2.24, 2.45) is 4.99 Å². The molecule has 26 heavy (non-hydrogen) atoms. The van der Waals surface area contributed by atoms with Gasteiger partial charge in [0.1, 0.15) is 11.9 Å². The van der Waals surface area contributed by atoms with Gasteiger partial charge in [-0.15, -0.1) is 0 Å². The number of hydrogen-bond donors (Lipinski definition) is 1. The van der Waals surface area contributed by atoms with Gasteiger partial charge in [0, 0.05) is 10.6 Å². The Bertz CT molecular complexity index is 1070. The van der Waals surface area contributed by atoms with Gasteiger partial charge in [0.15, 0.2) is 4.80 Å². The second-order valence-electron chi connectivity index (χ2n) is 5.56. The molecule has 0 aliphatic heterocycles. The summed E-state index contributed by atoms with van der Waals surface area (Å²) in [5.74, 6) is -2.04. The Morgan fingerprint density at radius 3 is 2.73 bits per heavy atom. The number of fused-ring (bicyclic) bond motifs is 1. The van der Waals surface area contributed by atoms with Gasteiger partial charge < -0.3 is 9.67 Å². The number of aliphatic carboxylic acids is 1. The van der Waals surface area contributed by atoms with E-state index >= 15 is 0 Å². The molecule has 0 radical (unpaired) electrons. The van der Waals surface area contributed by atoms with Gasteiger partial charge in [-0.25, -0.2) is 9.18 Å². The average Bonchev–Trinajstić information content (AvgIpc) is 2.92. The topological polar surface area (TPSA) is 71.7 Å². The van der Waals surface area contributed by atoms with Crippen LogP contribution < -0.4 is 4.80 Å². The second kappa shape index (κ2) is 7.39. The van der Waals surface area contributed by atoms with E-state index in [4.69, 9.17) is 11.6 Å². The maximum Gasteiger partial charge on any atom is 0.326 e. The van der Waals surface area contributed by atoms with Crippen LogP contribution in [0.3, 0.4) is 0 Å². The smallest absolute Gasteiger partial charge is 0.326 e. The van der Waals surface area contributed by atoms with Crippen molar-refractivity contribution in [3.63, 3.8) is 0 Å². The van der Waals surface area contributed by atoms with E-state index in [1.165, 1.54) is 28.8 Å². The monoisotopic (exact) mass is 392 g/mol. The normalized spacial score (nSPS) is 13.1. The minimum atomic E-state index is -1.05. The number of carbonyl (C=O) groups excluding carboxylic acids is 1. The molecule has 0 saturated carbocycles. The summed E-state index contributed by atoms with van der Waals surface area (Å²) in [6.45, 7) is 1.72.